The molecule has 0 spiro atoms. The van der Waals surface area contributed by atoms with Crippen molar-refractivity contribution in [1.82, 2.24) is 0 Å². The van der Waals surface area contributed by atoms with Gasteiger partial charge in [-0.2, -0.15) is 0 Å². The van der Waals surface area contributed by atoms with Crippen LogP contribution < -0.4 is 15.4 Å². The molecule has 1 aliphatic rings. The van der Waals surface area contributed by atoms with E-state index in [0.29, 0.717) is 18.1 Å². The summed E-state index contributed by atoms with van der Waals surface area (Å²) < 4.78 is 17.3. The number of nitrogens with two attached hydrogens (primary N) is 1. The van der Waals surface area contributed by atoms with Crippen molar-refractivity contribution in [3.8, 4) is 5.75 Å². The molecule has 0 radical (unpaired) electrons. The van der Waals surface area contributed by atoms with Crippen molar-refractivity contribution >= 4 is 34.0 Å². The van der Waals surface area contributed by atoms with Crippen LogP contribution in [0.15, 0.2) is 54.6 Å². The molecule has 2 atom stereocenters. The SMILES string of the molecule is CS(=O)CCC/C=C/CCCCN1CC(CCCc2cccc(Cl)c2)COc2ccc(C(N)=O)cc21. The minimum atomic E-state index is -0.703. The van der Waals surface area contributed by atoms with Crippen LogP contribution in [-0.2, 0) is 17.2 Å². The van der Waals surface area contributed by atoms with Gasteiger partial charge in [0, 0.05) is 52.4 Å². The number of carbonyl (C=O) groups excluding carboxylic acids is 1. The number of halogens is 1. The fraction of sp³-hybridized carbons (Fsp3) is 0.483. The van der Waals surface area contributed by atoms with Gasteiger partial charge < -0.3 is 15.4 Å². The Morgan fingerprint density at radius 2 is 1.94 bits per heavy atom. The van der Waals surface area contributed by atoms with Crippen LogP contribution >= 0.6 is 11.6 Å². The quantitative estimate of drug-likeness (QED) is 0.234. The molecule has 1 heterocycles. The van der Waals surface area contributed by atoms with Gasteiger partial charge in [0.05, 0.1) is 12.3 Å². The third kappa shape index (κ3) is 9.62. The van der Waals surface area contributed by atoms with Gasteiger partial charge >= 0.3 is 0 Å². The van der Waals surface area contributed by atoms with Crippen molar-refractivity contribution < 1.29 is 13.7 Å². The van der Waals surface area contributed by atoms with Crippen LogP contribution in [-0.4, -0.2) is 41.8 Å². The summed E-state index contributed by atoms with van der Waals surface area (Å²) in [6, 6.07) is 13.6. The van der Waals surface area contributed by atoms with E-state index in [2.05, 4.69) is 23.1 Å². The summed E-state index contributed by atoms with van der Waals surface area (Å²) in [5.41, 5.74) is 8.30. The highest BCUT2D eigenvalue weighted by atomic mass is 35.5. The molecule has 36 heavy (non-hydrogen) atoms. The van der Waals surface area contributed by atoms with Gasteiger partial charge in [-0.15, -0.1) is 0 Å². The summed E-state index contributed by atoms with van der Waals surface area (Å²) in [4.78, 5) is 14.2. The van der Waals surface area contributed by atoms with E-state index in [4.69, 9.17) is 22.1 Å². The number of primary amides is 1. The Labute approximate surface area is 223 Å². The Balaban J connectivity index is 1.55. The van der Waals surface area contributed by atoms with Gasteiger partial charge in [0.25, 0.3) is 0 Å². The number of benzene rings is 2. The highest BCUT2D eigenvalue weighted by Crippen LogP contribution is 2.34. The fourth-order valence-corrected chi connectivity index (χ4v) is 5.37. The van der Waals surface area contributed by atoms with Gasteiger partial charge in [0.2, 0.25) is 5.91 Å². The smallest absolute Gasteiger partial charge is 0.248 e. The van der Waals surface area contributed by atoms with Gasteiger partial charge in [0.1, 0.15) is 5.75 Å². The van der Waals surface area contributed by atoms with Gasteiger partial charge in [-0.25, -0.2) is 0 Å². The molecule has 0 saturated carbocycles. The first-order chi connectivity index (χ1) is 17.4. The van der Waals surface area contributed by atoms with E-state index in [9.17, 15) is 9.00 Å². The van der Waals surface area contributed by atoms with E-state index < -0.39 is 16.7 Å². The Kier molecular flexibility index (Phi) is 11.8. The largest absolute Gasteiger partial charge is 0.491 e. The van der Waals surface area contributed by atoms with Crippen molar-refractivity contribution in [2.24, 2.45) is 11.7 Å². The van der Waals surface area contributed by atoms with Crippen LogP contribution in [0.5, 0.6) is 5.75 Å². The maximum Gasteiger partial charge on any atom is 0.248 e. The van der Waals surface area contributed by atoms with E-state index in [1.54, 1.807) is 12.3 Å². The number of anilines is 1. The van der Waals surface area contributed by atoms with Crippen LogP contribution in [0.4, 0.5) is 5.69 Å². The number of nitrogens with zero attached hydrogens (tertiary/aromatic N) is 1. The van der Waals surface area contributed by atoms with Gasteiger partial charge in [-0.1, -0.05) is 35.9 Å². The summed E-state index contributed by atoms with van der Waals surface area (Å²) in [7, 11) is -0.703. The average Bonchev–Trinajstić information content (AvgIpc) is 3.02. The second kappa shape index (κ2) is 15.1. The fourth-order valence-electron chi connectivity index (χ4n) is 4.59. The zero-order valence-corrected chi connectivity index (χ0v) is 22.9. The number of allylic oxidation sites excluding steroid dienone is 2. The molecule has 2 N–H and O–H groups in total. The average molecular weight is 531 g/mol. The number of rotatable bonds is 14. The molecule has 196 valence electrons. The molecule has 2 aromatic rings. The zero-order valence-electron chi connectivity index (χ0n) is 21.3. The molecule has 0 aromatic heterocycles. The van der Waals surface area contributed by atoms with E-state index in [-0.39, 0.29) is 0 Å². The molecule has 2 unspecified atom stereocenters. The number of aryl methyl sites for hydroxylation is 1. The Bertz CT molecular complexity index is 1040. The van der Waals surface area contributed by atoms with Crippen molar-refractivity contribution in [3.05, 3.63) is 70.8 Å². The highest BCUT2D eigenvalue weighted by molar-refractivity contribution is 7.84. The third-order valence-corrected chi connectivity index (χ3v) is 7.62. The summed E-state index contributed by atoms with van der Waals surface area (Å²) in [6.07, 6.45) is 14.5. The second-order valence-electron chi connectivity index (χ2n) is 9.58. The lowest BCUT2D eigenvalue weighted by molar-refractivity contribution is 0.100. The molecule has 1 amide bonds. The maximum atomic E-state index is 11.8. The number of amides is 1. The molecule has 2 aromatic carbocycles. The van der Waals surface area contributed by atoms with Gasteiger partial charge in [-0.3, -0.25) is 9.00 Å². The minimum Gasteiger partial charge on any atom is -0.491 e. The number of carbonyl (C=O) groups is 1. The number of ether oxygens (including phenoxy) is 1. The molecule has 0 saturated heterocycles. The summed E-state index contributed by atoms with van der Waals surface area (Å²) in [6.45, 7) is 2.47. The first-order valence-electron chi connectivity index (χ1n) is 12.9. The summed E-state index contributed by atoms with van der Waals surface area (Å²) >= 11 is 6.14. The van der Waals surface area contributed by atoms with Crippen LogP contribution in [0.2, 0.25) is 5.02 Å². The first kappa shape index (κ1) is 28.3. The molecule has 0 bridgehead atoms. The first-order valence-corrected chi connectivity index (χ1v) is 15.0. The molecule has 0 aliphatic carbocycles. The molecular formula is C29H39ClN2O3S. The van der Waals surface area contributed by atoms with Crippen molar-refractivity contribution in [1.29, 1.82) is 0 Å². The monoisotopic (exact) mass is 530 g/mol. The van der Waals surface area contributed by atoms with Crippen LogP contribution in [0.3, 0.4) is 0 Å². The molecule has 5 nitrogen and oxygen atoms in total. The van der Waals surface area contributed by atoms with Crippen molar-refractivity contribution in [3.63, 3.8) is 0 Å². The normalized spacial score (nSPS) is 16.4. The second-order valence-corrected chi connectivity index (χ2v) is 11.6. The standard InChI is InChI=1S/C29H39ClN2O3S/c1-36(34)18-8-6-4-2-3-5-7-17-32-21-24(13-9-11-23-12-10-14-26(30)19-23)22-35-28-16-15-25(29(31)33)20-27(28)32/h2,4,10,12,14-16,19-20,24H,3,5-9,11,13,17-18,21-22H2,1H3,(H2,31,33)/b4-2+. The molecule has 3 rings (SSSR count). The number of fused-ring (bicyclic) bond motifs is 1. The highest BCUT2D eigenvalue weighted by Gasteiger charge is 2.23. The Hall–Kier alpha value is -2.31. The lowest BCUT2D eigenvalue weighted by Crippen LogP contribution is -2.31. The molecule has 0 fully saturated rings. The summed E-state index contributed by atoms with van der Waals surface area (Å²) in [5.74, 6) is 1.58. The number of hydrogen-bond acceptors (Lipinski definition) is 4. The zero-order chi connectivity index (χ0) is 25.8. The molecule has 1 aliphatic heterocycles. The number of unbranched alkanes of at least 4 members (excludes halogenated alkanes) is 3. The Morgan fingerprint density at radius 1 is 1.14 bits per heavy atom. The van der Waals surface area contributed by atoms with Crippen molar-refractivity contribution in [2.75, 3.05) is 36.6 Å². The third-order valence-electron chi connectivity index (χ3n) is 6.52. The topological polar surface area (TPSA) is 72.6 Å². The molecule has 7 heteroatoms. The molecular weight excluding hydrogens is 492 g/mol. The minimum absolute atomic E-state index is 0.401. The van der Waals surface area contributed by atoms with Gasteiger partial charge in [0.15, 0.2) is 0 Å². The van der Waals surface area contributed by atoms with Crippen LogP contribution in [0.1, 0.15) is 60.9 Å². The van der Waals surface area contributed by atoms with E-state index in [0.717, 1.165) is 86.7 Å². The lowest BCUT2D eigenvalue weighted by atomic mass is 9.99. The van der Waals surface area contributed by atoms with Crippen LogP contribution in [0.25, 0.3) is 0 Å². The van der Waals surface area contributed by atoms with Crippen LogP contribution in [0, 0.1) is 5.92 Å². The van der Waals surface area contributed by atoms with E-state index >= 15 is 0 Å². The lowest BCUT2D eigenvalue weighted by Gasteiger charge is -2.27. The van der Waals surface area contributed by atoms with Gasteiger partial charge in [-0.05, 0) is 87.3 Å². The number of hydrogen-bond donors (Lipinski definition) is 1. The Morgan fingerprint density at radius 3 is 2.69 bits per heavy atom. The van der Waals surface area contributed by atoms with Crippen molar-refractivity contribution in [2.45, 2.75) is 51.4 Å². The predicted molar refractivity (Wildman–Crippen MR) is 152 cm³/mol. The summed E-state index contributed by atoms with van der Waals surface area (Å²) in [5, 5.41) is 0.782. The van der Waals surface area contributed by atoms with E-state index in [1.165, 1.54) is 5.56 Å². The van der Waals surface area contributed by atoms with E-state index in [1.807, 2.05) is 30.3 Å². The maximum absolute atomic E-state index is 11.8. The predicted octanol–water partition coefficient (Wildman–Crippen LogP) is 6.16.